The van der Waals surface area contributed by atoms with Crippen LogP contribution in [0.15, 0.2) is 24.3 Å². The van der Waals surface area contributed by atoms with Crippen molar-refractivity contribution in [3.63, 3.8) is 0 Å². The van der Waals surface area contributed by atoms with Gasteiger partial charge in [0.1, 0.15) is 0 Å². The Kier molecular flexibility index (Phi) is 7.91. The number of nitrogens with zero attached hydrogens (tertiary/aromatic N) is 1. The van der Waals surface area contributed by atoms with Crippen molar-refractivity contribution in [1.82, 2.24) is 15.5 Å². The van der Waals surface area contributed by atoms with Crippen LogP contribution in [0.3, 0.4) is 0 Å². The average Bonchev–Trinajstić information content (AvgIpc) is 2.61. The number of nitrogens with one attached hydrogen (secondary N) is 2. The third kappa shape index (κ3) is 6.44. The molecule has 2 N–H and O–H groups in total. The largest absolute Gasteiger partial charge is 0.352 e. The number of carbonyl (C=O) groups excluding carboxylic acids is 1. The maximum absolute atomic E-state index is 12.4. The monoisotopic (exact) mass is 345 g/mol. The van der Waals surface area contributed by atoms with Gasteiger partial charge in [0.2, 0.25) is 5.91 Å². The molecule has 4 nitrogen and oxygen atoms in total. The lowest BCUT2D eigenvalue weighted by molar-refractivity contribution is -0.122. The highest BCUT2D eigenvalue weighted by Crippen LogP contribution is 2.22. The number of benzene rings is 1. The molecule has 1 amide bonds. The normalized spacial score (nSPS) is 19.2. The van der Waals surface area contributed by atoms with E-state index in [1.807, 2.05) is 0 Å². The number of hydrogen-bond donors (Lipinski definition) is 2. The molecule has 4 heteroatoms. The van der Waals surface area contributed by atoms with Crippen LogP contribution in [-0.4, -0.2) is 37.0 Å². The maximum Gasteiger partial charge on any atom is 0.220 e. The fraction of sp³-hybridized carbons (Fsp3) is 0.667. The quantitative estimate of drug-likeness (QED) is 0.761. The topological polar surface area (TPSA) is 44.4 Å². The lowest BCUT2D eigenvalue weighted by Gasteiger charge is -2.28. The molecule has 0 spiro atoms. The molecule has 140 valence electrons. The van der Waals surface area contributed by atoms with E-state index < -0.39 is 0 Å². The summed E-state index contributed by atoms with van der Waals surface area (Å²) in [5.74, 6) is 1.24. The summed E-state index contributed by atoms with van der Waals surface area (Å²) in [6.07, 6.45) is 3.10. The van der Waals surface area contributed by atoms with Crippen LogP contribution in [0.25, 0.3) is 0 Å². The lowest BCUT2D eigenvalue weighted by atomic mass is 9.85. The molecule has 0 radical (unpaired) electrons. The summed E-state index contributed by atoms with van der Waals surface area (Å²) in [7, 11) is 2.14. The smallest absolute Gasteiger partial charge is 0.220 e. The highest BCUT2D eigenvalue weighted by molar-refractivity contribution is 5.76. The number of carbonyl (C=O) groups is 1. The van der Waals surface area contributed by atoms with Gasteiger partial charge in [0, 0.05) is 25.6 Å². The first-order chi connectivity index (χ1) is 12.0. The Morgan fingerprint density at radius 1 is 1.28 bits per heavy atom. The van der Waals surface area contributed by atoms with E-state index in [0.717, 1.165) is 19.6 Å². The number of piperidine rings is 1. The van der Waals surface area contributed by atoms with E-state index in [9.17, 15) is 4.79 Å². The zero-order valence-corrected chi connectivity index (χ0v) is 16.3. The molecule has 1 aliphatic heterocycles. The van der Waals surface area contributed by atoms with Crippen LogP contribution in [0, 0.1) is 11.8 Å². The summed E-state index contributed by atoms with van der Waals surface area (Å²) in [5, 5.41) is 6.58. The van der Waals surface area contributed by atoms with E-state index >= 15 is 0 Å². The predicted molar refractivity (Wildman–Crippen MR) is 104 cm³/mol. The second kappa shape index (κ2) is 9.93. The van der Waals surface area contributed by atoms with E-state index in [1.54, 1.807) is 0 Å². The molecule has 2 atom stereocenters. The Morgan fingerprint density at radius 2 is 2.00 bits per heavy atom. The maximum atomic E-state index is 12.4. The van der Waals surface area contributed by atoms with Crippen molar-refractivity contribution in [2.24, 2.45) is 11.8 Å². The molecule has 0 aromatic heterocycles. The Balaban J connectivity index is 1.84. The van der Waals surface area contributed by atoms with E-state index in [0.29, 0.717) is 30.8 Å². The van der Waals surface area contributed by atoms with Gasteiger partial charge in [-0.2, -0.15) is 0 Å². The Bertz CT molecular complexity index is 538. The lowest BCUT2D eigenvalue weighted by Crippen LogP contribution is -2.35. The van der Waals surface area contributed by atoms with Crippen molar-refractivity contribution < 1.29 is 4.79 Å². The molecular formula is C21H35N3O. The van der Waals surface area contributed by atoms with E-state index in [4.69, 9.17) is 0 Å². The van der Waals surface area contributed by atoms with Crippen molar-refractivity contribution >= 4 is 5.91 Å². The van der Waals surface area contributed by atoms with Crippen LogP contribution >= 0.6 is 0 Å². The summed E-state index contributed by atoms with van der Waals surface area (Å²) >= 11 is 0. The molecule has 2 rings (SSSR count). The first-order valence-electron chi connectivity index (χ1n) is 9.71. The minimum Gasteiger partial charge on any atom is -0.352 e. The second-order valence-corrected chi connectivity index (χ2v) is 7.84. The highest BCUT2D eigenvalue weighted by atomic mass is 16.1. The minimum atomic E-state index is 0.171. The molecule has 1 heterocycles. The third-order valence-electron chi connectivity index (χ3n) is 5.54. The van der Waals surface area contributed by atoms with Crippen molar-refractivity contribution in [2.45, 2.75) is 59.2 Å². The van der Waals surface area contributed by atoms with Crippen molar-refractivity contribution in [1.29, 1.82) is 0 Å². The van der Waals surface area contributed by atoms with Gasteiger partial charge in [0.05, 0.1) is 0 Å². The Labute approximate surface area is 153 Å². The van der Waals surface area contributed by atoms with Crippen molar-refractivity contribution in [3.05, 3.63) is 35.4 Å². The first kappa shape index (κ1) is 19.9. The predicted octanol–water partition coefficient (Wildman–Crippen LogP) is 3.17. The summed E-state index contributed by atoms with van der Waals surface area (Å²) in [6, 6.07) is 8.92. The minimum absolute atomic E-state index is 0.171. The second-order valence-electron chi connectivity index (χ2n) is 7.84. The average molecular weight is 346 g/mol. The van der Waals surface area contributed by atoms with Crippen molar-refractivity contribution in [3.8, 4) is 0 Å². The zero-order valence-electron chi connectivity index (χ0n) is 16.3. The number of amides is 1. The van der Waals surface area contributed by atoms with Gasteiger partial charge in [-0.1, -0.05) is 31.2 Å². The Morgan fingerprint density at radius 3 is 2.64 bits per heavy atom. The van der Waals surface area contributed by atoms with Gasteiger partial charge in [-0.25, -0.2) is 0 Å². The molecule has 1 aromatic rings. The fourth-order valence-electron chi connectivity index (χ4n) is 3.43. The highest BCUT2D eigenvalue weighted by Gasteiger charge is 2.22. The zero-order chi connectivity index (χ0) is 18.2. The third-order valence-corrected chi connectivity index (χ3v) is 5.54. The number of rotatable bonds is 8. The summed E-state index contributed by atoms with van der Waals surface area (Å²) < 4.78 is 0. The Hall–Kier alpha value is -1.39. The van der Waals surface area contributed by atoms with E-state index in [-0.39, 0.29) is 5.91 Å². The molecule has 1 saturated heterocycles. The molecule has 1 aromatic carbocycles. The van der Waals surface area contributed by atoms with E-state index in [2.05, 4.69) is 67.6 Å². The molecule has 0 bridgehead atoms. The van der Waals surface area contributed by atoms with Crippen molar-refractivity contribution in [2.75, 3.05) is 20.1 Å². The van der Waals surface area contributed by atoms with Gasteiger partial charge in [0.15, 0.2) is 0 Å². The molecule has 1 aliphatic rings. The molecule has 25 heavy (non-hydrogen) atoms. The van der Waals surface area contributed by atoms with Gasteiger partial charge in [-0.05, 0) is 69.8 Å². The number of hydrogen-bond acceptors (Lipinski definition) is 3. The van der Waals surface area contributed by atoms with Crippen LogP contribution in [0.5, 0.6) is 0 Å². The first-order valence-corrected chi connectivity index (χ1v) is 9.71. The van der Waals surface area contributed by atoms with Gasteiger partial charge < -0.3 is 10.6 Å². The standard InChI is InChI=1S/C21H35N3O/c1-16(2)24(4)15-20-9-6-5-8-19(20)14-23-21(25)12-17(3)18-10-7-11-22-13-18/h5-6,8-9,16-18,22H,7,10-15H2,1-4H3,(H,23,25). The summed E-state index contributed by atoms with van der Waals surface area (Å²) in [4.78, 5) is 14.7. The molecule has 0 saturated carbocycles. The van der Waals surface area contributed by atoms with Crippen LogP contribution in [0.1, 0.15) is 51.2 Å². The molecule has 0 aliphatic carbocycles. The van der Waals surface area contributed by atoms with Crippen LogP contribution < -0.4 is 10.6 Å². The molecule has 1 fully saturated rings. The molecular weight excluding hydrogens is 310 g/mol. The summed E-state index contributed by atoms with van der Waals surface area (Å²) in [5.41, 5.74) is 2.51. The summed E-state index contributed by atoms with van der Waals surface area (Å²) in [6.45, 7) is 10.3. The van der Waals surface area contributed by atoms with Crippen LogP contribution in [-0.2, 0) is 17.9 Å². The van der Waals surface area contributed by atoms with Gasteiger partial charge in [-0.3, -0.25) is 9.69 Å². The van der Waals surface area contributed by atoms with E-state index in [1.165, 1.54) is 24.0 Å². The van der Waals surface area contributed by atoms with Gasteiger partial charge in [-0.15, -0.1) is 0 Å². The van der Waals surface area contributed by atoms with Gasteiger partial charge in [0.25, 0.3) is 0 Å². The molecule has 2 unspecified atom stereocenters. The fourth-order valence-corrected chi connectivity index (χ4v) is 3.43. The SMILES string of the molecule is CC(CC(=O)NCc1ccccc1CN(C)C(C)C)C1CCCNC1. The van der Waals surface area contributed by atoms with Gasteiger partial charge >= 0.3 is 0 Å². The van der Waals surface area contributed by atoms with Crippen LogP contribution in [0.4, 0.5) is 0 Å². The van der Waals surface area contributed by atoms with Crippen LogP contribution in [0.2, 0.25) is 0 Å².